The largest absolute Gasteiger partial charge is 0.369 e. The molecule has 18 heavy (non-hydrogen) atoms. The Balaban J connectivity index is 2.74. The number of hydrogen-bond donors (Lipinski definition) is 1. The summed E-state index contributed by atoms with van der Waals surface area (Å²) in [5, 5.41) is -0.526. The normalized spacial score (nSPS) is 25.9. The van der Waals surface area contributed by atoms with Gasteiger partial charge in [0, 0.05) is 19.6 Å². The van der Waals surface area contributed by atoms with Crippen LogP contribution < -0.4 is 10.6 Å². The molecule has 0 fully saturated rings. The highest BCUT2D eigenvalue weighted by molar-refractivity contribution is 7.92. The smallest absolute Gasteiger partial charge is 0.186 e. The lowest BCUT2D eigenvalue weighted by molar-refractivity contribution is 0.538. The summed E-state index contributed by atoms with van der Waals surface area (Å²) in [6.07, 6.45) is 0.822. The summed E-state index contributed by atoms with van der Waals surface area (Å²) in [7, 11) is -1.37. The van der Waals surface area contributed by atoms with Crippen molar-refractivity contribution in [2.24, 2.45) is 5.73 Å². The lowest BCUT2D eigenvalue weighted by Gasteiger charge is -2.40. The van der Waals surface area contributed by atoms with E-state index in [4.69, 9.17) is 5.73 Å². The first-order chi connectivity index (χ1) is 8.45. The third kappa shape index (κ3) is 1.73. The van der Waals surface area contributed by atoms with E-state index in [1.54, 1.807) is 6.07 Å². The van der Waals surface area contributed by atoms with Gasteiger partial charge in [0.15, 0.2) is 9.84 Å². The van der Waals surface area contributed by atoms with Crippen molar-refractivity contribution < 1.29 is 8.42 Å². The predicted molar refractivity (Wildman–Crippen MR) is 73.7 cm³/mol. The fourth-order valence-corrected chi connectivity index (χ4v) is 4.78. The second kappa shape index (κ2) is 4.55. The maximum Gasteiger partial charge on any atom is 0.186 e. The minimum absolute atomic E-state index is 0.0970. The van der Waals surface area contributed by atoms with Gasteiger partial charge in [0.05, 0.1) is 15.8 Å². The highest BCUT2D eigenvalue weighted by atomic mass is 32.2. The van der Waals surface area contributed by atoms with Crippen molar-refractivity contribution in [1.29, 1.82) is 0 Å². The zero-order valence-corrected chi connectivity index (χ0v) is 11.9. The Morgan fingerprint density at radius 2 is 2.06 bits per heavy atom. The lowest BCUT2D eigenvalue weighted by Crippen LogP contribution is -2.51. The van der Waals surface area contributed by atoms with Crippen molar-refractivity contribution >= 4 is 15.5 Å². The average molecular weight is 268 g/mol. The summed E-state index contributed by atoms with van der Waals surface area (Å²) in [6, 6.07) is 5.39. The van der Waals surface area contributed by atoms with Crippen molar-refractivity contribution in [3.63, 3.8) is 0 Å². The van der Waals surface area contributed by atoms with E-state index in [-0.39, 0.29) is 12.6 Å². The maximum atomic E-state index is 12.6. The molecule has 2 atom stereocenters. The number of para-hydroxylation sites is 1. The van der Waals surface area contributed by atoms with E-state index >= 15 is 0 Å². The van der Waals surface area contributed by atoms with Crippen LogP contribution in [0.15, 0.2) is 23.1 Å². The first-order valence-electron chi connectivity index (χ1n) is 6.23. The van der Waals surface area contributed by atoms with Gasteiger partial charge in [-0.15, -0.1) is 0 Å². The number of fused-ring (bicyclic) bond motifs is 1. The lowest BCUT2D eigenvalue weighted by atomic mass is 10.1. The van der Waals surface area contributed by atoms with Crippen molar-refractivity contribution in [1.82, 2.24) is 0 Å². The molecule has 0 spiro atoms. The molecule has 0 aromatic heterocycles. The van der Waals surface area contributed by atoms with Crippen LogP contribution in [0.3, 0.4) is 0 Å². The van der Waals surface area contributed by atoms with Crippen LogP contribution in [0.5, 0.6) is 0 Å². The molecule has 4 nitrogen and oxygen atoms in total. The number of sulfone groups is 1. The molecule has 1 aliphatic rings. The molecular weight excluding hydrogens is 248 g/mol. The number of nitrogens with zero attached hydrogens (tertiary/aromatic N) is 1. The molecule has 1 aliphatic heterocycles. The van der Waals surface area contributed by atoms with E-state index in [9.17, 15) is 8.42 Å². The minimum atomic E-state index is -3.31. The van der Waals surface area contributed by atoms with E-state index in [1.807, 2.05) is 37.9 Å². The molecule has 2 N–H and O–H groups in total. The number of aryl methyl sites for hydroxylation is 1. The third-order valence-corrected chi connectivity index (χ3v) is 6.23. The summed E-state index contributed by atoms with van der Waals surface area (Å²) in [5.41, 5.74) is 7.57. The van der Waals surface area contributed by atoms with E-state index in [2.05, 4.69) is 0 Å². The number of hydrogen-bond acceptors (Lipinski definition) is 4. The molecular formula is C13H20N2O2S. The third-order valence-electron chi connectivity index (χ3n) is 3.90. The van der Waals surface area contributed by atoms with Gasteiger partial charge < -0.3 is 10.6 Å². The predicted octanol–water partition coefficient (Wildman–Crippen LogP) is 1.19. The van der Waals surface area contributed by atoms with Crippen LogP contribution in [-0.2, 0) is 16.3 Å². The molecule has 2 unspecified atom stereocenters. The summed E-state index contributed by atoms with van der Waals surface area (Å²) in [4.78, 5) is 2.48. The second-order valence-corrected chi connectivity index (χ2v) is 6.92. The van der Waals surface area contributed by atoms with Crippen molar-refractivity contribution in [2.75, 3.05) is 18.5 Å². The number of anilines is 1. The summed E-state index contributed by atoms with van der Waals surface area (Å²) >= 11 is 0. The van der Waals surface area contributed by atoms with Gasteiger partial charge in [0.2, 0.25) is 0 Å². The standard InChI is InChI=1S/C13H20N2O2S/c1-4-10-6-5-7-11-13(10)15(3)9(2)12(8-14)18(11,16)17/h5-7,9,12H,4,8,14H2,1-3H3. The van der Waals surface area contributed by atoms with Gasteiger partial charge in [-0.25, -0.2) is 8.42 Å². The molecule has 1 aromatic rings. The fraction of sp³-hybridized carbons (Fsp3) is 0.538. The van der Waals surface area contributed by atoms with Gasteiger partial charge >= 0.3 is 0 Å². The van der Waals surface area contributed by atoms with Crippen LogP contribution in [0.25, 0.3) is 0 Å². The first kappa shape index (κ1) is 13.4. The number of nitrogens with two attached hydrogens (primary N) is 1. The Hall–Kier alpha value is -1.07. The molecule has 1 heterocycles. The molecule has 1 aromatic carbocycles. The van der Waals surface area contributed by atoms with Gasteiger partial charge in [0.25, 0.3) is 0 Å². The molecule has 100 valence electrons. The summed E-state index contributed by atoms with van der Waals surface area (Å²) in [6.45, 7) is 4.11. The van der Waals surface area contributed by atoms with Gasteiger partial charge in [-0.2, -0.15) is 0 Å². The van der Waals surface area contributed by atoms with Gasteiger partial charge in [0.1, 0.15) is 0 Å². The van der Waals surface area contributed by atoms with Crippen LogP contribution in [-0.4, -0.2) is 33.3 Å². The van der Waals surface area contributed by atoms with Crippen LogP contribution in [0.4, 0.5) is 5.69 Å². The van der Waals surface area contributed by atoms with Crippen LogP contribution in [0, 0.1) is 0 Å². The summed E-state index contributed by atoms with van der Waals surface area (Å²) in [5.74, 6) is 0. The summed E-state index contributed by atoms with van der Waals surface area (Å²) < 4.78 is 25.1. The van der Waals surface area contributed by atoms with Crippen LogP contribution >= 0.6 is 0 Å². The first-order valence-corrected chi connectivity index (χ1v) is 7.78. The van der Waals surface area contributed by atoms with Crippen LogP contribution in [0.1, 0.15) is 19.4 Å². The van der Waals surface area contributed by atoms with Crippen molar-refractivity contribution in [3.05, 3.63) is 23.8 Å². The van der Waals surface area contributed by atoms with Crippen molar-refractivity contribution in [3.8, 4) is 0 Å². The Kier molecular flexibility index (Phi) is 3.38. The topological polar surface area (TPSA) is 63.4 Å². The molecule has 0 saturated heterocycles. The van der Waals surface area contributed by atoms with E-state index < -0.39 is 15.1 Å². The minimum Gasteiger partial charge on any atom is -0.369 e. The molecule has 0 saturated carbocycles. The van der Waals surface area contributed by atoms with E-state index in [0.29, 0.717) is 4.90 Å². The average Bonchev–Trinajstić information content (AvgIpc) is 2.35. The quantitative estimate of drug-likeness (QED) is 0.875. The SMILES string of the molecule is CCc1cccc2c1N(C)C(C)C(CN)S2(=O)=O. The Bertz CT molecular complexity index is 554. The number of benzene rings is 1. The molecule has 5 heteroatoms. The van der Waals surface area contributed by atoms with Gasteiger partial charge in [-0.3, -0.25) is 0 Å². The Morgan fingerprint density at radius 1 is 1.39 bits per heavy atom. The fourth-order valence-electron chi connectivity index (χ4n) is 2.68. The van der Waals surface area contributed by atoms with Gasteiger partial charge in [-0.05, 0) is 25.0 Å². The monoisotopic (exact) mass is 268 g/mol. The number of rotatable bonds is 2. The zero-order chi connectivity index (χ0) is 13.5. The van der Waals surface area contributed by atoms with Crippen molar-refractivity contribution in [2.45, 2.75) is 36.5 Å². The Labute approximate surface area is 109 Å². The maximum absolute atomic E-state index is 12.6. The molecule has 2 rings (SSSR count). The van der Waals surface area contributed by atoms with E-state index in [1.165, 1.54) is 0 Å². The second-order valence-electron chi connectivity index (χ2n) is 4.79. The van der Waals surface area contributed by atoms with Gasteiger partial charge in [-0.1, -0.05) is 19.1 Å². The van der Waals surface area contributed by atoms with E-state index in [0.717, 1.165) is 17.7 Å². The highest BCUT2D eigenvalue weighted by Crippen LogP contribution is 2.38. The highest BCUT2D eigenvalue weighted by Gasteiger charge is 2.41. The molecule has 0 radical (unpaired) electrons. The molecule has 0 aliphatic carbocycles. The van der Waals surface area contributed by atoms with Crippen LogP contribution in [0.2, 0.25) is 0 Å². The zero-order valence-electron chi connectivity index (χ0n) is 11.1. The Morgan fingerprint density at radius 3 is 2.61 bits per heavy atom. The molecule has 0 amide bonds. The molecule has 0 bridgehead atoms.